The lowest BCUT2D eigenvalue weighted by molar-refractivity contribution is -0.385. The van der Waals surface area contributed by atoms with E-state index in [0.717, 1.165) is 24.5 Å². The van der Waals surface area contributed by atoms with Gasteiger partial charge in [0.05, 0.1) is 18.1 Å². The van der Waals surface area contributed by atoms with Crippen molar-refractivity contribution >= 4 is 17.3 Å². The Morgan fingerprint density at radius 3 is 3.04 bits per heavy atom. The summed E-state index contributed by atoms with van der Waals surface area (Å²) in [7, 11) is 0. The molecule has 0 aliphatic carbocycles. The Morgan fingerprint density at radius 1 is 1.52 bits per heavy atom. The van der Waals surface area contributed by atoms with Gasteiger partial charge in [-0.15, -0.1) is 0 Å². The van der Waals surface area contributed by atoms with E-state index < -0.39 is 10.9 Å². The number of fused-ring (bicyclic) bond motifs is 1. The second-order valence-electron chi connectivity index (χ2n) is 5.85. The molecule has 0 bridgehead atoms. The summed E-state index contributed by atoms with van der Waals surface area (Å²) >= 11 is 0. The molecule has 2 aromatic rings. The van der Waals surface area contributed by atoms with Crippen LogP contribution in [0.1, 0.15) is 35.4 Å². The zero-order valence-electron chi connectivity index (χ0n) is 14.1. The first-order chi connectivity index (χ1) is 12.0. The third kappa shape index (κ3) is 3.59. The van der Waals surface area contributed by atoms with Crippen molar-refractivity contribution < 1.29 is 14.5 Å². The minimum absolute atomic E-state index is 0.0510. The molecule has 1 aromatic heterocycles. The molecule has 9 heteroatoms. The second kappa shape index (κ2) is 6.88. The van der Waals surface area contributed by atoms with Crippen LogP contribution in [0.25, 0.3) is 0 Å². The number of hydrogen-bond donors (Lipinski definition) is 1. The number of carbonyl (C=O) groups excluding carboxylic acids is 1. The van der Waals surface area contributed by atoms with Crippen LogP contribution < -0.4 is 5.32 Å². The van der Waals surface area contributed by atoms with E-state index in [9.17, 15) is 14.9 Å². The number of carbonyl (C=O) groups is 1. The zero-order chi connectivity index (χ0) is 18.0. The van der Waals surface area contributed by atoms with Crippen LogP contribution in [-0.4, -0.2) is 38.3 Å². The highest BCUT2D eigenvalue weighted by molar-refractivity contribution is 5.95. The highest BCUT2D eigenvalue weighted by Crippen LogP contribution is 2.25. The van der Waals surface area contributed by atoms with Gasteiger partial charge in [0.15, 0.2) is 0 Å². The molecular weight excluding hydrogens is 326 g/mol. The Kier molecular flexibility index (Phi) is 4.64. The predicted octanol–water partition coefficient (Wildman–Crippen LogP) is 2.10. The summed E-state index contributed by atoms with van der Waals surface area (Å²) in [4.78, 5) is 26.9. The topological polar surface area (TPSA) is 112 Å². The van der Waals surface area contributed by atoms with Crippen LogP contribution in [0.15, 0.2) is 18.2 Å². The van der Waals surface area contributed by atoms with Gasteiger partial charge in [-0.3, -0.25) is 10.1 Å². The number of benzene rings is 1. The molecule has 1 atom stereocenters. The molecule has 0 radical (unpaired) electrons. The lowest BCUT2D eigenvalue weighted by Crippen LogP contribution is -2.32. The van der Waals surface area contributed by atoms with Gasteiger partial charge in [0.2, 0.25) is 0 Å². The molecule has 0 saturated heterocycles. The predicted molar refractivity (Wildman–Crippen MR) is 89.5 cm³/mol. The van der Waals surface area contributed by atoms with E-state index in [0.29, 0.717) is 12.2 Å². The number of aryl methyl sites for hydroxylation is 2. The van der Waals surface area contributed by atoms with E-state index in [2.05, 4.69) is 15.4 Å². The van der Waals surface area contributed by atoms with Crippen LogP contribution in [-0.2, 0) is 17.7 Å². The fraction of sp³-hybridized carbons (Fsp3) is 0.438. The van der Waals surface area contributed by atoms with Crippen molar-refractivity contribution in [1.29, 1.82) is 0 Å². The number of esters is 1. The number of nitrogens with one attached hydrogen (secondary N) is 1. The van der Waals surface area contributed by atoms with Crippen molar-refractivity contribution in [3.8, 4) is 0 Å². The maximum absolute atomic E-state index is 12.0. The molecule has 25 heavy (non-hydrogen) atoms. The lowest BCUT2D eigenvalue weighted by atomic mass is 10.1. The summed E-state index contributed by atoms with van der Waals surface area (Å²) < 4.78 is 6.79. The molecule has 0 saturated carbocycles. The number of anilines is 1. The number of ether oxygens (including phenoxy) is 1. The van der Waals surface area contributed by atoms with Crippen LogP contribution in [0.3, 0.4) is 0 Å². The number of aromatic nitrogens is 3. The fourth-order valence-electron chi connectivity index (χ4n) is 2.94. The first-order valence-electron chi connectivity index (χ1n) is 8.10. The van der Waals surface area contributed by atoms with Crippen molar-refractivity contribution in [2.45, 2.75) is 39.3 Å². The van der Waals surface area contributed by atoms with E-state index in [-0.39, 0.29) is 23.9 Å². The molecule has 0 spiro atoms. The molecule has 1 unspecified atom stereocenters. The monoisotopic (exact) mass is 345 g/mol. The average Bonchev–Trinajstić information content (AvgIpc) is 2.94. The summed E-state index contributed by atoms with van der Waals surface area (Å²) in [6, 6.07) is 4.49. The highest BCUT2D eigenvalue weighted by Gasteiger charge is 2.24. The smallest absolute Gasteiger partial charge is 0.345 e. The first kappa shape index (κ1) is 16.9. The van der Waals surface area contributed by atoms with Gasteiger partial charge < -0.3 is 10.1 Å². The Bertz CT molecular complexity index is 817. The molecule has 1 aromatic carbocycles. The van der Waals surface area contributed by atoms with Crippen molar-refractivity contribution in [2.75, 3.05) is 11.9 Å². The Morgan fingerprint density at radius 2 is 2.32 bits per heavy atom. The van der Waals surface area contributed by atoms with E-state index in [4.69, 9.17) is 4.74 Å². The minimum atomic E-state index is -0.698. The summed E-state index contributed by atoms with van der Waals surface area (Å²) in [6.07, 6.45) is 1.67. The number of hydrogen-bond acceptors (Lipinski definition) is 7. The largest absolute Gasteiger partial charge is 0.462 e. The van der Waals surface area contributed by atoms with Crippen LogP contribution in [0.2, 0.25) is 0 Å². The third-order valence-electron chi connectivity index (χ3n) is 4.02. The number of nitro benzene ring substituents is 1. The zero-order valence-corrected chi connectivity index (χ0v) is 14.1. The summed E-state index contributed by atoms with van der Waals surface area (Å²) in [6.45, 7) is 4.33. The van der Waals surface area contributed by atoms with E-state index in [1.807, 2.05) is 11.6 Å². The Hall–Kier alpha value is -2.97. The van der Waals surface area contributed by atoms with Crippen molar-refractivity contribution in [1.82, 2.24) is 14.8 Å². The van der Waals surface area contributed by atoms with E-state index in [1.54, 1.807) is 13.0 Å². The quantitative estimate of drug-likeness (QED) is 0.501. The molecule has 3 rings (SSSR count). The summed E-state index contributed by atoms with van der Waals surface area (Å²) in [5, 5.41) is 18.8. The van der Waals surface area contributed by atoms with Gasteiger partial charge in [0.1, 0.15) is 17.2 Å². The molecule has 1 aliphatic rings. The lowest BCUT2D eigenvalue weighted by Gasteiger charge is -2.24. The Labute approximate surface area is 144 Å². The van der Waals surface area contributed by atoms with Gasteiger partial charge in [-0.1, -0.05) is 0 Å². The van der Waals surface area contributed by atoms with Gasteiger partial charge in [-0.2, -0.15) is 5.10 Å². The molecule has 1 aliphatic heterocycles. The normalized spacial score (nSPS) is 16.2. The molecule has 132 valence electrons. The van der Waals surface area contributed by atoms with Crippen LogP contribution in [0.4, 0.5) is 11.4 Å². The highest BCUT2D eigenvalue weighted by atomic mass is 16.6. The van der Waals surface area contributed by atoms with Gasteiger partial charge in [-0.05, 0) is 32.4 Å². The fourth-order valence-corrected chi connectivity index (χ4v) is 2.94. The number of nitrogens with zero attached hydrogens (tertiary/aromatic N) is 4. The molecule has 1 N–H and O–H groups in total. The van der Waals surface area contributed by atoms with Gasteiger partial charge >= 0.3 is 5.97 Å². The SMILES string of the molecule is CCOC(=O)c1cc(NC2CCc3nc(C)nn3C2)ccc1[N+](=O)[O-]. The molecule has 9 nitrogen and oxygen atoms in total. The minimum Gasteiger partial charge on any atom is -0.462 e. The molecule has 0 fully saturated rings. The Balaban J connectivity index is 1.80. The van der Waals surface area contributed by atoms with Crippen LogP contribution in [0, 0.1) is 17.0 Å². The van der Waals surface area contributed by atoms with Crippen molar-refractivity contribution in [2.24, 2.45) is 0 Å². The maximum Gasteiger partial charge on any atom is 0.345 e. The average molecular weight is 345 g/mol. The summed E-state index contributed by atoms with van der Waals surface area (Å²) in [5.41, 5.74) is 0.325. The van der Waals surface area contributed by atoms with E-state index in [1.165, 1.54) is 12.1 Å². The standard InChI is InChI=1S/C16H19N5O4/c1-3-25-16(22)13-8-11(4-6-14(13)21(23)24)18-12-5-7-15-17-10(2)19-20(15)9-12/h4,6,8,12,18H,3,5,7,9H2,1-2H3. The molecular formula is C16H19N5O4. The second-order valence-corrected chi connectivity index (χ2v) is 5.85. The van der Waals surface area contributed by atoms with E-state index >= 15 is 0 Å². The van der Waals surface area contributed by atoms with Gasteiger partial charge in [0.25, 0.3) is 5.69 Å². The van der Waals surface area contributed by atoms with Gasteiger partial charge in [0, 0.05) is 24.2 Å². The third-order valence-corrected chi connectivity index (χ3v) is 4.02. The van der Waals surface area contributed by atoms with Gasteiger partial charge in [-0.25, -0.2) is 14.5 Å². The number of nitro groups is 1. The number of rotatable bonds is 5. The van der Waals surface area contributed by atoms with Crippen molar-refractivity contribution in [3.05, 3.63) is 45.5 Å². The first-order valence-corrected chi connectivity index (χ1v) is 8.10. The molecule has 2 heterocycles. The maximum atomic E-state index is 12.0. The van der Waals surface area contributed by atoms with Crippen LogP contribution >= 0.6 is 0 Å². The summed E-state index contributed by atoms with van der Waals surface area (Å²) in [5.74, 6) is 1.01. The van der Waals surface area contributed by atoms with Crippen molar-refractivity contribution in [3.63, 3.8) is 0 Å². The molecule has 0 amide bonds. The van der Waals surface area contributed by atoms with Crippen LogP contribution in [0.5, 0.6) is 0 Å².